The maximum Gasteiger partial charge on any atom is 0.325 e. The Morgan fingerprint density at radius 2 is 1.46 bits per heavy atom. The van der Waals surface area contributed by atoms with Gasteiger partial charge in [0.1, 0.15) is 17.7 Å². The predicted molar refractivity (Wildman–Crippen MR) is 122 cm³/mol. The third-order valence-electron chi connectivity index (χ3n) is 5.03. The molecule has 3 aromatic carbocycles. The number of aliphatic hydroxyl groups is 1. The van der Waals surface area contributed by atoms with E-state index in [1.807, 2.05) is 18.4 Å². The van der Waals surface area contributed by atoms with Crippen molar-refractivity contribution in [1.29, 1.82) is 0 Å². The van der Waals surface area contributed by atoms with Crippen LogP contribution in [0.3, 0.4) is 0 Å². The van der Waals surface area contributed by atoms with Gasteiger partial charge in [-0.25, -0.2) is 22.5 Å². The highest BCUT2D eigenvalue weighted by molar-refractivity contribution is 7.98. The van der Waals surface area contributed by atoms with Gasteiger partial charge in [-0.3, -0.25) is 0 Å². The van der Waals surface area contributed by atoms with Crippen molar-refractivity contribution in [2.24, 2.45) is 0 Å². The van der Waals surface area contributed by atoms with Crippen LogP contribution in [-0.4, -0.2) is 21.3 Å². The molecule has 0 saturated carbocycles. The van der Waals surface area contributed by atoms with Crippen LogP contribution < -0.4 is 9.47 Å². The molecule has 5 nitrogen and oxygen atoms in total. The number of hydrogen-bond donors (Lipinski definition) is 1. The maximum absolute atomic E-state index is 14.3. The van der Waals surface area contributed by atoms with E-state index in [0.29, 0.717) is 17.7 Å². The lowest BCUT2D eigenvalue weighted by molar-refractivity contribution is 0.212. The van der Waals surface area contributed by atoms with Crippen molar-refractivity contribution in [3.8, 4) is 23.4 Å². The molecule has 0 aliphatic rings. The molecular weight excluding hydrogens is 484 g/mol. The first kappa shape index (κ1) is 24.5. The van der Waals surface area contributed by atoms with Crippen molar-refractivity contribution in [1.82, 2.24) is 9.97 Å². The summed E-state index contributed by atoms with van der Waals surface area (Å²) in [5.41, 5.74) is 1.35. The minimum absolute atomic E-state index is 0.0574. The molecule has 1 atom stereocenters. The van der Waals surface area contributed by atoms with Gasteiger partial charge in [-0.15, -0.1) is 11.8 Å². The molecule has 1 aromatic heterocycles. The Morgan fingerprint density at radius 3 is 2.06 bits per heavy atom. The van der Waals surface area contributed by atoms with Crippen LogP contribution in [0, 0.1) is 30.2 Å². The predicted octanol–water partition coefficient (Wildman–Crippen LogP) is 6.73. The first-order valence-electron chi connectivity index (χ1n) is 10.2. The average molecular weight is 502 g/mol. The fourth-order valence-electron chi connectivity index (χ4n) is 3.20. The van der Waals surface area contributed by atoms with Crippen LogP contribution >= 0.6 is 11.8 Å². The SMILES string of the molecule is CSc1ccc(C)c(C(O)c2cnc(Oc3ccc(F)cc3F)nc2Oc2ccc(F)cc2F)c1. The summed E-state index contributed by atoms with van der Waals surface area (Å²) in [6.07, 6.45) is 1.80. The van der Waals surface area contributed by atoms with Gasteiger partial charge in [0, 0.05) is 23.2 Å². The second-order valence-electron chi connectivity index (χ2n) is 7.39. The average Bonchev–Trinajstić information content (AvgIpc) is 2.83. The molecule has 180 valence electrons. The molecule has 4 aromatic rings. The standard InChI is InChI=1S/C25H18F4N2O3S/c1-13-3-6-16(35-2)11-17(13)23(32)18-12-30-25(34-22-8-5-15(27)10-20(22)29)31-24(18)33-21-7-4-14(26)9-19(21)28/h3-12,23,32H,1-2H3. The number of rotatable bonds is 7. The van der Waals surface area contributed by atoms with E-state index in [9.17, 15) is 22.7 Å². The molecule has 0 aliphatic carbocycles. The number of halogens is 4. The van der Waals surface area contributed by atoms with E-state index in [1.165, 1.54) is 18.0 Å². The Labute approximate surface area is 202 Å². The van der Waals surface area contributed by atoms with Gasteiger partial charge in [0.05, 0.1) is 5.56 Å². The van der Waals surface area contributed by atoms with Gasteiger partial charge in [0.15, 0.2) is 23.1 Å². The molecule has 0 amide bonds. The number of hydrogen-bond acceptors (Lipinski definition) is 6. The van der Waals surface area contributed by atoms with Gasteiger partial charge < -0.3 is 14.6 Å². The highest BCUT2D eigenvalue weighted by Gasteiger charge is 2.23. The Bertz CT molecular complexity index is 1390. The Hall–Kier alpha value is -3.63. The first-order chi connectivity index (χ1) is 16.7. The molecule has 0 saturated heterocycles. The number of aliphatic hydroxyl groups excluding tert-OH is 1. The first-order valence-corrected chi connectivity index (χ1v) is 11.4. The normalized spacial score (nSPS) is 11.9. The van der Waals surface area contributed by atoms with Crippen molar-refractivity contribution in [2.45, 2.75) is 17.9 Å². The molecule has 0 fully saturated rings. The summed E-state index contributed by atoms with van der Waals surface area (Å²) in [7, 11) is 0. The molecule has 0 radical (unpaired) electrons. The minimum Gasteiger partial charge on any atom is -0.435 e. The van der Waals surface area contributed by atoms with Gasteiger partial charge in [0.25, 0.3) is 0 Å². The lowest BCUT2D eigenvalue weighted by atomic mass is 9.99. The van der Waals surface area contributed by atoms with E-state index >= 15 is 0 Å². The lowest BCUT2D eigenvalue weighted by Gasteiger charge is -2.18. The zero-order chi connectivity index (χ0) is 25.1. The quantitative estimate of drug-likeness (QED) is 0.223. The minimum atomic E-state index is -1.28. The maximum atomic E-state index is 14.3. The monoisotopic (exact) mass is 502 g/mol. The van der Waals surface area contributed by atoms with Gasteiger partial charge >= 0.3 is 6.01 Å². The van der Waals surface area contributed by atoms with Gasteiger partial charge in [-0.1, -0.05) is 6.07 Å². The molecule has 4 rings (SSSR count). The molecular formula is C25H18F4N2O3S. The number of benzene rings is 3. The number of nitrogens with zero attached hydrogens (tertiary/aromatic N) is 2. The van der Waals surface area contributed by atoms with Crippen molar-refractivity contribution in [2.75, 3.05) is 6.26 Å². The van der Waals surface area contributed by atoms with Crippen molar-refractivity contribution >= 4 is 11.8 Å². The number of thioether (sulfide) groups is 1. The van der Waals surface area contributed by atoms with Crippen LogP contribution in [0.2, 0.25) is 0 Å². The van der Waals surface area contributed by atoms with Crippen LogP contribution in [0.5, 0.6) is 23.4 Å². The van der Waals surface area contributed by atoms with E-state index in [-0.39, 0.29) is 22.9 Å². The zero-order valence-electron chi connectivity index (χ0n) is 18.4. The molecule has 35 heavy (non-hydrogen) atoms. The van der Waals surface area contributed by atoms with Crippen LogP contribution in [0.25, 0.3) is 0 Å². The highest BCUT2D eigenvalue weighted by Crippen LogP contribution is 2.36. The Morgan fingerprint density at radius 1 is 0.829 bits per heavy atom. The summed E-state index contributed by atoms with van der Waals surface area (Å²) in [5.74, 6) is -4.63. The second-order valence-corrected chi connectivity index (χ2v) is 8.27. The lowest BCUT2D eigenvalue weighted by Crippen LogP contribution is -2.08. The Balaban J connectivity index is 1.77. The van der Waals surface area contributed by atoms with E-state index in [1.54, 1.807) is 13.0 Å². The van der Waals surface area contributed by atoms with E-state index in [0.717, 1.165) is 34.7 Å². The Kier molecular flexibility index (Phi) is 7.23. The summed E-state index contributed by atoms with van der Waals surface area (Å²) in [5, 5.41) is 11.2. The molecule has 1 unspecified atom stereocenters. The summed E-state index contributed by atoms with van der Waals surface area (Å²) in [6.45, 7) is 1.80. The van der Waals surface area contributed by atoms with E-state index in [2.05, 4.69) is 9.97 Å². The van der Waals surface area contributed by atoms with Crippen LogP contribution in [0.1, 0.15) is 22.8 Å². The largest absolute Gasteiger partial charge is 0.435 e. The van der Waals surface area contributed by atoms with E-state index in [4.69, 9.17) is 9.47 Å². The molecule has 0 bridgehead atoms. The third kappa shape index (κ3) is 5.55. The van der Waals surface area contributed by atoms with Crippen LogP contribution in [-0.2, 0) is 0 Å². The zero-order valence-corrected chi connectivity index (χ0v) is 19.2. The van der Waals surface area contributed by atoms with Crippen molar-refractivity contribution in [3.05, 3.63) is 101 Å². The molecule has 0 aliphatic heterocycles. The summed E-state index contributed by atoms with van der Waals surface area (Å²) < 4.78 is 65.8. The molecule has 0 spiro atoms. The fraction of sp³-hybridized carbons (Fsp3) is 0.120. The van der Waals surface area contributed by atoms with Crippen molar-refractivity contribution < 1.29 is 32.1 Å². The summed E-state index contributed by atoms with van der Waals surface area (Å²) >= 11 is 1.48. The smallest absolute Gasteiger partial charge is 0.325 e. The number of aryl methyl sites for hydroxylation is 1. The molecule has 10 heteroatoms. The third-order valence-corrected chi connectivity index (χ3v) is 5.75. The highest BCUT2D eigenvalue weighted by atomic mass is 32.2. The van der Waals surface area contributed by atoms with Crippen LogP contribution in [0.15, 0.2) is 65.7 Å². The molecule has 1 N–H and O–H groups in total. The molecule has 1 heterocycles. The summed E-state index contributed by atoms with van der Waals surface area (Å²) in [6, 6.07) is 10.5. The second kappa shape index (κ2) is 10.3. The fourth-order valence-corrected chi connectivity index (χ4v) is 3.65. The van der Waals surface area contributed by atoms with Gasteiger partial charge in [0.2, 0.25) is 5.88 Å². The van der Waals surface area contributed by atoms with Crippen LogP contribution in [0.4, 0.5) is 17.6 Å². The number of ether oxygens (including phenoxy) is 2. The topological polar surface area (TPSA) is 64.5 Å². The van der Waals surface area contributed by atoms with Crippen molar-refractivity contribution in [3.63, 3.8) is 0 Å². The number of aromatic nitrogens is 2. The van der Waals surface area contributed by atoms with Gasteiger partial charge in [-0.2, -0.15) is 4.98 Å². The van der Waals surface area contributed by atoms with E-state index < -0.39 is 35.4 Å². The van der Waals surface area contributed by atoms with Gasteiger partial charge in [-0.05, 0) is 60.7 Å². The summed E-state index contributed by atoms with van der Waals surface area (Å²) in [4.78, 5) is 8.96.